The normalized spacial score (nSPS) is 16.5. The Morgan fingerprint density at radius 1 is 1.35 bits per heavy atom. The number of rotatable bonds is 3. The second kappa shape index (κ2) is 4.56. The molecule has 2 nitrogen and oxygen atoms in total. The van der Waals surface area contributed by atoms with Crippen LogP contribution in [0, 0.1) is 0 Å². The Morgan fingerprint density at radius 3 is 2.82 bits per heavy atom. The first-order valence-corrected chi connectivity index (χ1v) is 5.54. The molecule has 1 heterocycles. The van der Waals surface area contributed by atoms with Crippen LogP contribution < -0.4 is 10.5 Å². The van der Waals surface area contributed by atoms with E-state index in [-0.39, 0.29) is 6.42 Å². The molecule has 2 rings (SSSR count). The molecule has 0 saturated heterocycles. The molecule has 0 bridgehead atoms. The molecule has 1 aromatic carbocycles. The first-order valence-electron chi connectivity index (χ1n) is 5.54. The number of nitrogens with two attached hydrogens (primary N) is 1. The smallest absolute Gasteiger partial charge is 0.389 e. The fraction of sp³-hybridized carbons (Fsp3) is 0.500. The van der Waals surface area contributed by atoms with Crippen molar-refractivity contribution in [3.8, 4) is 5.75 Å². The Labute approximate surface area is 97.6 Å². The summed E-state index contributed by atoms with van der Waals surface area (Å²) in [6.45, 7) is 0.635. The van der Waals surface area contributed by atoms with Gasteiger partial charge in [-0.05, 0) is 23.6 Å². The van der Waals surface area contributed by atoms with Crippen LogP contribution in [0.5, 0.6) is 5.75 Å². The second-order valence-corrected chi connectivity index (χ2v) is 4.23. The molecule has 5 heteroatoms. The Bertz CT molecular complexity index is 403. The zero-order chi connectivity index (χ0) is 12.5. The van der Waals surface area contributed by atoms with Crippen molar-refractivity contribution in [2.75, 3.05) is 6.61 Å². The van der Waals surface area contributed by atoms with Gasteiger partial charge in [-0.1, -0.05) is 12.1 Å². The maximum atomic E-state index is 12.1. The van der Waals surface area contributed by atoms with E-state index in [1.54, 1.807) is 12.1 Å². The number of benzene rings is 1. The molecule has 94 valence electrons. The molecule has 1 aliphatic heterocycles. The fourth-order valence-corrected chi connectivity index (χ4v) is 1.92. The van der Waals surface area contributed by atoms with Crippen molar-refractivity contribution in [2.45, 2.75) is 31.5 Å². The van der Waals surface area contributed by atoms with Gasteiger partial charge in [0.05, 0.1) is 6.61 Å². The zero-order valence-corrected chi connectivity index (χ0v) is 9.26. The third-order valence-corrected chi connectivity index (χ3v) is 2.88. The third kappa shape index (κ3) is 3.12. The molecule has 1 unspecified atom stereocenters. The van der Waals surface area contributed by atoms with Crippen molar-refractivity contribution >= 4 is 0 Å². The predicted molar refractivity (Wildman–Crippen MR) is 57.9 cm³/mol. The van der Waals surface area contributed by atoms with Gasteiger partial charge in [-0.25, -0.2) is 0 Å². The van der Waals surface area contributed by atoms with E-state index in [1.807, 2.05) is 6.07 Å². The van der Waals surface area contributed by atoms with E-state index in [0.29, 0.717) is 6.61 Å². The minimum absolute atomic E-state index is 0.0802. The molecule has 17 heavy (non-hydrogen) atoms. The minimum Gasteiger partial charge on any atom is -0.493 e. The van der Waals surface area contributed by atoms with Crippen LogP contribution in [0.4, 0.5) is 13.2 Å². The minimum atomic E-state index is -4.14. The largest absolute Gasteiger partial charge is 0.493 e. The van der Waals surface area contributed by atoms with Gasteiger partial charge in [-0.2, -0.15) is 13.2 Å². The van der Waals surface area contributed by atoms with Crippen LogP contribution in [0.2, 0.25) is 0 Å². The van der Waals surface area contributed by atoms with E-state index in [9.17, 15) is 13.2 Å². The second-order valence-electron chi connectivity index (χ2n) is 4.23. The SMILES string of the molecule is NC(CCC(F)(F)F)c1ccc2c(c1)CCO2. The summed E-state index contributed by atoms with van der Waals surface area (Å²) in [5.74, 6) is 0.816. The highest BCUT2D eigenvalue weighted by molar-refractivity contribution is 5.40. The molecule has 0 aromatic heterocycles. The van der Waals surface area contributed by atoms with E-state index < -0.39 is 18.6 Å². The van der Waals surface area contributed by atoms with Crippen molar-refractivity contribution < 1.29 is 17.9 Å². The highest BCUT2D eigenvalue weighted by Crippen LogP contribution is 2.30. The van der Waals surface area contributed by atoms with Crippen LogP contribution >= 0.6 is 0 Å². The highest BCUT2D eigenvalue weighted by Gasteiger charge is 2.28. The lowest BCUT2D eigenvalue weighted by molar-refractivity contribution is -0.136. The molecule has 1 atom stereocenters. The molecular formula is C12H14F3NO. The van der Waals surface area contributed by atoms with Crippen LogP contribution in [-0.2, 0) is 6.42 Å². The maximum absolute atomic E-state index is 12.1. The van der Waals surface area contributed by atoms with Gasteiger partial charge in [0, 0.05) is 18.9 Å². The molecule has 0 saturated carbocycles. The molecule has 0 amide bonds. The number of alkyl halides is 3. The van der Waals surface area contributed by atoms with Crippen LogP contribution in [0.1, 0.15) is 30.0 Å². The summed E-state index contributed by atoms with van der Waals surface area (Å²) in [6.07, 6.45) is -4.27. The Morgan fingerprint density at radius 2 is 2.12 bits per heavy atom. The van der Waals surface area contributed by atoms with E-state index in [4.69, 9.17) is 10.5 Å². The van der Waals surface area contributed by atoms with Crippen LogP contribution in [0.25, 0.3) is 0 Å². The van der Waals surface area contributed by atoms with Crippen LogP contribution in [-0.4, -0.2) is 12.8 Å². The fourth-order valence-electron chi connectivity index (χ4n) is 1.92. The summed E-state index contributed by atoms with van der Waals surface area (Å²) in [5, 5.41) is 0. The Kier molecular flexibility index (Phi) is 3.28. The summed E-state index contributed by atoms with van der Waals surface area (Å²) >= 11 is 0. The van der Waals surface area contributed by atoms with Gasteiger partial charge in [0.15, 0.2) is 0 Å². The number of hydrogen-bond donors (Lipinski definition) is 1. The standard InChI is InChI=1S/C12H14F3NO/c13-12(14,15)5-3-10(16)8-1-2-11-9(7-8)4-6-17-11/h1-2,7,10H,3-6,16H2. The molecule has 0 spiro atoms. The van der Waals surface area contributed by atoms with Gasteiger partial charge < -0.3 is 10.5 Å². The summed E-state index contributed by atoms with van der Waals surface area (Å²) in [5.41, 5.74) is 7.54. The van der Waals surface area contributed by atoms with Gasteiger partial charge in [0.25, 0.3) is 0 Å². The van der Waals surface area contributed by atoms with E-state index in [0.717, 1.165) is 23.3 Å². The summed E-state index contributed by atoms with van der Waals surface area (Å²) in [7, 11) is 0. The lowest BCUT2D eigenvalue weighted by atomic mass is 9.99. The Hall–Kier alpha value is -1.23. The van der Waals surface area contributed by atoms with Crippen molar-refractivity contribution in [2.24, 2.45) is 5.73 Å². The first-order chi connectivity index (χ1) is 7.96. The lowest BCUT2D eigenvalue weighted by Crippen LogP contribution is -2.15. The van der Waals surface area contributed by atoms with Crippen LogP contribution in [0.15, 0.2) is 18.2 Å². The number of halogens is 3. The first kappa shape index (κ1) is 12.2. The number of fused-ring (bicyclic) bond motifs is 1. The summed E-state index contributed by atoms with van der Waals surface area (Å²) in [4.78, 5) is 0. The highest BCUT2D eigenvalue weighted by atomic mass is 19.4. The molecule has 0 radical (unpaired) electrons. The van der Waals surface area contributed by atoms with Gasteiger partial charge >= 0.3 is 6.18 Å². The van der Waals surface area contributed by atoms with Gasteiger partial charge in [0.1, 0.15) is 5.75 Å². The van der Waals surface area contributed by atoms with E-state index in [1.165, 1.54) is 0 Å². The van der Waals surface area contributed by atoms with Crippen LogP contribution in [0.3, 0.4) is 0 Å². The van der Waals surface area contributed by atoms with Crippen molar-refractivity contribution in [1.82, 2.24) is 0 Å². The number of hydrogen-bond acceptors (Lipinski definition) is 2. The van der Waals surface area contributed by atoms with E-state index in [2.05, 4.69) is 0 Å². The van der Waals surface area contributed by atoms with Crippen molar-refractivity contribution in [3.05, 3.63) is 29.3 Å². The monoisotopic (exact) mass is 245 g/mol. The van der Waals surface area contributed by atoms with Gasteiger partial charge in [0.2, 0.25) is 0 Å². The molecule has 2 N–H and O–H groups in total. The molecule has 1 aromatic rings. The van der Waals surface area contributed by atoms with Gasteiger partial charge in [-0.15, -0.1) is 0 Å². The average Bonchev–Trinajstić information content (AvgIpc) is 2.71. The quantitative estimate of drug-likeness (QED) is 0.888. The van der Waals surface area contributed by atoms with E-state index >= 15 is 0 Å². The summed E-state index contributed by atoms with van der Waals surface area (Å²) in [6, 6.07) is 4.81. The predicted octanol–water partition coefficient (Wildman–Crippen LogP) is 2.96. The maximum Gasteiger partial charge on any atom is 0.389 e. The topological polar surface area (TPSA) is 35.2 Å². The van der Waals surface area contributed by atoms with Crippen molar-refractivity contribution in [1.29, 1.82) is 0 Å². The molecule has 0 aliphatic carbocycles. The molecule has 1 aliphatic rings. The van der Waals surface area contributed by atoms with Crippen molar-refractivity contribution in [3.63, 3.8) is 0 Å². The van der Waals surface area contributed by atoms with Gasteiger partial charge in [-0.3, -0.25) is 0 Å². The Balaban J connectivity index is 2.02. The summed E-state index contributed by atoms with van der Waals surface area (Å²) < 4.78 is 41.6. The molecule has 0 fully saturated rings. The lowest BCUT2D eigenvalue weighted by Gasteiger charge is -2.14. The molecular weight excluding hydrogens is 231 g/mol. The zero-order valence-electron chi connectivity index (χ0n) is 9.26. The third-order valence-electron chi connectivity index (χ3n) is 2.88. The number of ether oxygens (including phenoxy) is 1. The average molecular weight is 245 g/mol.